The summed E-state index contributed by atoms with van der Waals surface area (Å²) in [6.07, 6.45) is 3.26. The quantitative estimate of drug-likeness (QED) is 0.634. The molecule has 1 rings (SSSR count). The SMILES string of the molecule is CC(C)CCSCC(NC(C)C)(C(=O)O)C1CC1. The topological polar surface area (TPSA) is 49.3 Å². The van der Waals surface area contributed by atoms with Crippen LogP contribution in [-0.4, -0.2) is 34.2 Å². The molecule has 106 valence electrons. The van der Waals surface area contributed by atoms with E-state index in [4.69, 9.17) is 0 Å². The van der Waals surface area contributed by atoms with E-state index in [1.807, 2.05) is 13.8 Å². The van der Waals surface area contributed by atoms with Crippen LogP contribution in [-0.2, 0) is 4.79 Å². The Bertz CT molecular complexity index is 277. The Morgan fingerprint density at radius 3 is 2.39 bits per heavy atom. The van der Waals surface area contributed by atoms with Crippen LogP contribution < -0.4 is 5.32 Å². The summed E-state index contributed by atoms with van der Waals surface area (Å²) >= 11 is 1.78. The smallest absolute Gasteiger partial charge is 0.325 e. The van der Waals surface area contributed by atoms with Crippen molar-refractivity contribution in [3.05, 3.63) is 0 Å². The van der Waals surface area contributed by atoms with Gasteiger partial charge in [-0.15, -0.1) is 0 Å². The van der Waals surface area contributed by atoms with Crippen molar-refractivity contribution < 1.29 is 9.90 Å². The normalized spacial score (nSPS) is 19.2. The van der Waals surface area contributed by atoms with Crippen molar-refractivity contribution in [1.29, 1.82) is 0 Å². The van der Waals surface area contributed by atoms with Gasteiger partial charge in [0, 0.05) is 11.8 Å². The minimum absolute atomic E-state index is 0.215. The highest BCUT2D eigenvalue weighted by atomic mass is 32.2. The number of carboxylic acid groups (broad SMARTS) is 1. The molecule has 1 aliphatic carbocycles. The highest BCUT2D eigenvalue weighted by Gasteiger charge is 2.51. The van der Waals surface area contributed by atoms with Crippen molar-refractivity contribution >= 4 is 17.7 Å². The minimum Gasteiger partial charge on any atom is -0.480 e. The Balaban J connectivity index is 2.56. The summed E-state index contributed by atoms with van der Waals surface area (Å²) in [5, 5.41) is 12.9. The monoisotopic (exact) mass is 273 g/mol. The number of carboxylic acids is 1. The number of carbonyl (C=O) groups is 1. The van der Waals surface area contributed by atoms with E-state index in [2.05, 4.69) is 19.2 Å². The number of hydrogen-bond donors (Lipinski definition) is 2. The van der Waals surface area contributed by atoms with E-state index in [-0.39, 0.29) is 6.04 Å². The van der Waals surface area contributed by atoms with E-state index < -0.39 is 11.5 Å². The fraction of sp³-hybridized carbons (Fsp3) is 0.929. The van der Waals surface area contributed by atoms with Gasteiger partial charge in [0.2, 0.25) is 0 Å². The third-order valence-corrected chi connectivity index (χ3v) is 4.56. The summed E-state index contributed by atoms with van der Waals surface area (Å²) in [4.78, 5) is 11.7. The highest BCUT2D eigenvalue weighted by Crippen LogP contribution is 2.42. The van der Waals surface area contributed by atoms with Gasteiger partial charge in [0.15, 0.2) is 0 Å². The number of thioether (sulfide) groups is 1. The van der Waals surface area contributed by atoms with Crippen molar-refractivity contribution in [1.82, 2.24) is 5.32 Å². The molecule has 0 radical (unpaired) electrons. The molecule has 1 atom stereocenters. The number of nitrogens with one attached hydrogen (secondary N) is 1. The maximum atomic E-state index is 11.7. The van der Waals surface area contributed by atoms with Crippen LogP contribution >= 0.6 is 11.8 Å². The molecule has 3 nitrogen and oxygen atoms in total. The average molecular weight is 273 g/mol. The second kappa shape index (κ2) is 6.80. The maximum Gasteiger partial charge on any atom is 0.325 e. The fourth-order valence-electron chi connectivity index (χ4n) is 2.22. The Labute approximate surface area is 115 Å². The molecular weight excluding hydrogens is 246 g/mol. The summed E-state index contributed by atoms with van der Waals surface area (Å²) in [6, 6.07) is 0.215. The van der Waals surface area contributed by atoms with Crippen molar-refractivity contribution in [2.75, 3.05) is 11.5 Å². The predicted molar refractivity (Wildman–Crippen MR) is 78.1 cm³/mol. The molecular formula is C14H27NO2S. The first-order chi connectivity index (χ1) is 8.38. The largest absolute Gasteiger partial charge is 0.480 e. The zero-order chi connectivity index (χ0) is 13.8. The van der Waals surface area contributed by atoms with Gasteiger partial charge < -0.3 is 5.11 Å². The summed E-state index contributed by atoms with van der Waals surface area (Å²) in [5.41, 5.74) is -0.699. The molecule has 18 heavy (non-hydrogen) atoms. The lowest BCUT2D eigenvalue weighted by atomic mass is 9.94. The minimum atomic E-state index is -0.699. The molecule has 1 aliphatic rings. The number of hydrogen-bond acceptors (Lipinski definition) is 3. The molecule has 0 saturated heterocycles. The van der Waals surface area contributed by atoms with Crippen molar-refractivity contribution in [2.24, 2.45) is 11.8 Å². The van der Waals surface area contributed by atoms with Gasteiger partial charge >= 0.3 is 5.97 Å². The van der Waals surface area contributed by atoms with Gasteiger partial charge in [-0.2, -0.15) is 11.8 Å². The lowest BCUT2D eigenvalue weighted by Crippen LogP contribution is -2.58. The summed E-state index contributed by atoms with van der Waals surface area (Å²) in [6.45, 7) is 8.47. The second-order valence-corrected chi connectivity index (χ2v) is 7.19. The molecule has 2 N–H and O–H groups in total. The van der Waals surface area contributed by atoms with Crippen LogP contribution in [0.4, 0.5) is 0 Å². The zero-order valence-electron chi connectivity index (χ0n) is 12.0. The third kappa shape index (κ3) is 4.47. The van der Waals surface area contributed by atoms with Gasteiger partial charge in [0.05, 0.1) is 0 Å². The molecule has 0 heterocycles. The highest BCUT2D eigenvalue weighted by molar-refractivity contribution is 7.99. The number of aliphatic carboxylic acids is 1. The first-order valence-electron chi connectivity index (χ1n) is 6.97. The molecule has 0 aromatic carbocycles. The van der Waals surface area contributed by atoms with Gasteiger partial charge in [-0.3, -0.25) is 10.1 Å². The maximum absolute atomic E-state index is 11.7. The molecule has 1 fully saturated rings. The molecule has 0 aromatic rings. The van der Waals surface area contributed by atoms with Crippen LogP contribution in [0.1, 0.15) is 47.0 Å². The molecule has 4 heteroatoms. The second-order valence-electron chi connectivity index (χ2n) is 6.08. The van der Waals surface area contributed by atoms with Gasteiger partial charge in [-0.25, -0.2) is 0 Å². The van der Waals surface area contributed by atoms with Crippen molar-refractivity contribution in [3.63, 3.8) is 0 Å². The van der Waals surface area contributed by atoms with E-state index in [1.165, 1.54) is 0 Å². The molecule has 1 unspecified atom stereocenters. The molecule has 0 spiro atoms. The molecule has 0 amide bonds. The van der Waals surface area contributed by atoms with Crippen molar-refractivity contribution in [3.8, 4) is 0 Å². The van der Waals surface area contributed by atoms with Crippen LogP contribution in [0, 0.1) is 11.8 Å². The van der Waals surface area contributed by atoms with Crippen LogP contribution in [0.25, 0.3) is 0 Å². The van der Waals surface area contributed by atoms with Crippen LogP contribution in [0.5, 0.6) is 0 Å². The first-order valence-corrected chi connectivity index (χ1v) is 8.12. The first kappa shape index (κ1) is 15.8. The zero-order valence-corrected chi connectivity index (χ0v) is 12.8. The van der Waals surface area contributed by atoms with Gasteiger partial charge in [0.25, 0.3) is 0 Å². The average Bonchev–Trinajstić information content (AvgIpc) is 3.05. The summed E-state index contributed by atoms with van der Waals surface area (Å²) in [7, 11) is 0. The summed E-state index contributed by atoms with van der Waals surface area (Å²) in [5.74, 6) is 2.09. The van der Waals surface area contributed by atoms with Crippen molar-refractivity contribution in [2.45, 2.75) is 58.5 Å². The lowest BCUT2D eigenvalue weighted by Gasteiger charge is -2.32. The standard InChI is InChI=1S/C14H27NO2S/c1-10(2)7-8-18-9-14(13(16)17,12-5-6-12)15-11(3)4/h10-12,15H,5-9H2,1-4H3,(H,16,17). The van der Waals surface area contributed by atoms with E-state index in [0.717, 1.165) is 25.0 Å². The summed E-state index contributed by atoms with van der Waals surface area (Å²) < 4.78 is 0. The fourth-order valence-corrected chi connectivity index (χ4v) is 3.77. The van der Waals surface area contributed by atoms with E-state index in [1.54, 1.807) is 11.8 Å². The van der Waals surface area contributed by atoms with Crippen LogP contribution in [0.15, 0.2) is 0 Å². The van der Waals surface area contributed by atoms with Gasteiger partial charge in [-0.05, 0) is 50.7 Å². The molecule has 0 aromatic heterocycles. The van der Waals surface area contributed by atoms with Crippen LogP contribution in [0.2, 0.25) is 0 Å². The lowest BCUT2D eigenvalue weighted by molar-refractivity contribution is -0.145. The molecule has 0 aliphatic heterocycles. The van der Waals surface area contributed by atoms with Gasteiger partial charge in [0.1, 0.15) is 5.54 Å². The Morgan fingerprint density at radius 1 is 1.39 bits per heavy atom. The van der Waals surface area contributed by atoms with E-state index in [9.17, 15) is 9.90 Å². The predicted octanol–water partition coefficient (Wildman–Crippen LogP) is 3.00. The van der Waals surface area contributed by atoms with Crippen LogP contribution in [0.3, 0.4) is 0 Å². The van der Waals surface area contributed by atoms with E-state index >= 15 is 0 Å². The number of rotatable bonds is 9. The van der Waals surface area contributed by atoms with Gasteiger partial charge in [-0.1, -0.05) is 13.8 Å². The molecule has 1 saturated carbocycles. The molecule has 0 bridgehead atoms. The Hall–Kier alpha value is -0.220. The third-order valence-electron chi connectivity index (χ3n) is 3.37. The Morgan fingerprint density at radius 2 is 2.00 bits per heavy atom. The van der Waals surface area contributed by atoms with E-state index in [0.29, 0.717) is 17.6 Å². The Kier molecular flexibility index (Phi) is 5.99.